The maximum absolute atomic E-state index is 13.3. The van der Waals surface area contributed by atoms with Gasteiger partial charge in [-0.25, -0.2) is 4.79 Å². The van der Waals surface area contributed by atoms with E-state index in [1.807, 2.05) is 43.0 Å². The minimum Gasteiger partial charge on any atom is -0.494 e. The van der Waals surface area contributed by atoms with E-state index in [1.165, 1.54) is 22.3 Å². The van der Waals surface area contributed by atoms with Gasteiger partial charge in [0.2, 0.25) is 0 Å². The van der Waals surface area contributed by atoms with Crippen molar-refractivity contribution in [2.24, 2.45) is 0 Å². The molecule has 168 valence electrons. The van der Waals surface area contributed by atoms with E-state index in [9.17, 15) is 4.79 Å². The third kappa shape index (κ3) is 6.36. The molecule has 0 aliphatic carbocycles. The van der Waals surface area contributed by atoms with Crippen molar-refractivity contribution >= 4 is 11.7 Å². The van der Waals surface area contributed by atoms with E-state index in [1.54, 1.807) is 0 Å². The number of urea groups is 1. The Morgan fingerprint density at radius 3 is 2.16 bits per heavy atom. The van der Waals surface area contributed by atoms with Crippen LogP contribution in [0.25, 0.3) is 0 Å². The molecule has 0 unspecified atom stereocenters. The first-order valence-corrected chi connectivity index (χ1v) is 11.3. The van der Waals surface area contributed by atoms with Gasteiger partial charge in [0.25, 0.3) is 0 Å². The Hall–Kier alpha value is -3.27. The van der Waals surface area contributed by atoms with E-state index in [0.29, 0.717) is 19.7 Å². The first-order valence-electron chi connectivity index (χ1n) is 11.3. The molecular formula is C28H34N2O2. The van der Waals surface area contributed by atoms with Gasteiger partial charge in [-0.05, 0) is 81.5 Å². The smallest absolute Gasteiger partial charge is 0.322 e. The van der Waals surface area contributed by atoms with E-state index < -0.39 is 0 Å². The van der Waals surface area contributed by atoms with Gasteiger partial charge in [0, 0.05) is 18.8 Å². The maximum Gasteiger partial charge on any atom is 0.322 e. The monoisotopic (exact) mass is 430 g/mol. The second kappa shape index (κ2) is 10.9. The molecule has 0 saturated carbocycles. The Kier molecular flexibility index (Phi) is 7.93. The van der Waals surface area contributed by atoms with Gasteiger partial charge in [-0.3, -0.25) is 0 Å². The topological polar surface area (TPSA) is 41.6 Å². The number of aryl methyl sites for hydroxylation is 4. The minimum absolute atomic E-state index is 0.0807. The van der Waals surface area contributed by atoms with Crippen LogP contribution >= 0.6 is 0 Å². The van der Waals surface area contributed by atoms with E-state index in [4.69, 9.17) is 4.74 Å². The highest BCUT2D eigenvalue weighted by molar-refractivity contribution is 5.90. The largest absolute Gasteiger partial charge is 0.494 e. The van der Waals surface area contributed by atoms with Gasteiger partial charge in [-0.15, -0.1) is 0 Å². The van der Waals surface area contributed by atoms with Gasteiger partial charge < -0.3 is 15.0 Å². The van der Waals surface area contributed by atoms with Crippen LogP contribution in [-0.2, 0) is 13.0 Å². The molecule has 0 bridgehead atoms. The fourth-order valence-corrected chi connectivity index (χ4v) is 3.81. The highest BCUT2D eigenvalue weighted by atomic mass is 16.5. The third-order valence-corrected chi connectivity index (χ3v) is 5.67. The van der Waals surface area contributed by atoms with Gasteiger partial charge in [-0.1, -0.05) is 53.6 Å². The van der Waals surface area contributed by atoms with Gasteiger partial charge in [-0.2, -0.15) is 0 Å². The second-order valence-electron chi connectivity index (χ2n) is 8.43. The zero-order chi connectivity index (χ0) is 23.1. The number of hydrogen-bond donors (Lipinski definition) is 1. The lowest BCUT2D eigenvalue weighted by molar-refractivity contribution is 0.209. The van der Waals surface area contributed by atoms with Crippen molar-refractivity contribution in [2.45, 2.75) is 47.6 Å². The van der Waals surface area contributed by atoms with Crippen LogP contribution in [0.2, 0.25) is 0 Å². The summed E-state index contributed by atoms with van der Waals surface area (Å²) < 4.78 is 5.54. The molecule has 2 amide bonds. The molecule has 0 aromatic heterocycles. The Morgan fingerprint density at radius 2 is 1.53 bits per heavy atom. The summed E-state index contributed by atoms with van der Waals surface area (Å²) in [4.78, 5) is 15.2. The van der Waals surface area contributed by atoms with Crippen molar-refractivity contribution in [1.29, 1.82) is 0 Å². The van der Waals surface area contributed by atoms with Crippen LogP contribution in [0.15, 0.2) is 60.7 Å². The lowest BCUT2D eigenvalue weighted by Crippen LogP contribution is -2.36. The molecule has 0 fully saturated rings. The lowest BCUT2D eigenvalue weighted by atomic mass is 10.0. The van der Waals surface area contributed by atoms with Crippen molar-refractivity contribution in [2.75, 3.05) is 18.5 Å². The van der Waals surface area contributed by atoms with Crippen LogP contribution in [-0.4, -0.2) is 24.1 Å². The average Bonchev–Trinajstić information content (AvgIpc) is 2.75. The standard InChI is InChI=1S/C28H34N2O2/c1-6-32-26-12-9-24(10-13-26)15-16-30(19-25-11-7-20(2)17-22(25)4)28(31)29-27-14-8-21(3)18-23(27)5/h7-14,17-18H,6,15-16,19H2,1-5H3,(H,29,31). The number of carbonyl (C=O) groups excluding carboxylic acids is 1. The zero-order valence-electron chi connectivity index (χ0n) is 19.9. The molecule has 32 heavy (non-hydrogen) atoms. The molecule has 3 rings (SSSR count). The Labute approximate surface area is 192 Å². The van der Waals surface area contributed by atoms with Crippen molar-refractivity contribution < 1.29 is 9.53 Å². The summed E-state index contributed by atoms with van der Waals surface area (Å²) in [6.45, 7) is 12.1. The molecule has 3 aromatic rings. The zero-order valence-corrected chi connectivity index (χ0v) is 19.9. The summed E-state index contributed by atoms with van der Waals surface area (Å²) in [5.74, 6) is 0.871. The molecule has 0 heterocycles. The quantitative estimate of drug-likeness (QED) is 0.438. The molecule has 4 nitrogen and oxygen atoms in total. The molecule has 0 spiro atoms. The number of nitrogens with zero attached hydrogens (tertiary/aromatic N) is 1. The molecule has 4 heteroatoms. The van der Waals surface area contributed by atoms with E-state index in [0.717, 1.165) is 29.0 Å². The fraction of sp³-hybridized carbons (Fsp3) is 0.321. The Morgan fingerprint density at radius 1 is 0.875 bits per heavy atom. The summed E-state index contributed by atoms with van der Waals surface area (Å²) in [6.07, 6.45) is 0.775. The molecule has 0 radical (unpaired) electrons. The Balaban J connectivity index is 1.77. The summed E-state index contributed by atoms with van der Waals surface area (Å²) in [7, 11) is 0. The second-order valence-corrected chi connectivity index (χ2v) is 8.43. The van der Waals surface area contributed by atoms with Crippen molar-refractivity contribution in [3.63, 3.8) is 0 Å². The van der Waals surface area contributed by atoms with Crippen molar-refractivity contribution in [3.8, 4) is 5.75 Å². The molecule has 0 aliphatic heterocycles. The van der Waals surface area contributed by atoms with Crippen LogP contribution in [0, 0.1) is 27.7 Å². The summed E-state index contributed by atoms with van der Waals surface area (Å²) >= 11 is 0. The summed E-state index contributed by atoms with van der Waals surface area (Å²) in [6, 6.07) is 20.5. The molecular weight excluding hydrogens is 396 g/mol. The van der Waals surface area contributed by atoms with Crippen molar-refractivity contribution in [3.05, 3.63) is 94.0 Å². The predicted molar refractivity (Wildman–Crippen MR) is 133 cm³/mol. The van der Waals surface area contributed by atoms with Gasteiger partial charge in [0.1, 0.15) is 5.75 Å². The fourth-order valence-electron chi connectivity index (χ4n) is 3.81. The van der Waals surface area contributed by atoms with Crippen LogP contribution in [0.1, 0.15) is 40.3 Å². The molecule has 0 saturated heterocycles. The summed E-state index contributed by atoms with van der Waals surface area (Å²) in [5.41, 5.74) is 7.88. The van der Waals surface area contributed by atoms with E-state index in [2.05, 4.69) is 62.5 Å². The lowest BCUT2D eigenvalue weighted by Gasteiger charge is -2.25. The van der Waals surface area contributed by atoms with Gasteiger partial charge in [0.15, 0.2) is 0 Å². The number of benzene rings is 3. The number of amides is 2. The molecule has 0 aliphatic rings. The molecule has 3 aromatic carbocycles. The van der Waals surface area contributed by atoms with Crippen LogP contribution in [0.5, 0.6) is 5.75 Å². The average molecular weight is 431 g/mol. The highest BCUT2D eigenvalue weighted by Gasteiger charge is 2.16. The van der Waals surface area contributed by atoms with Crippen molar-refractivity contribution in [1.82, 2.24) is 4.90 Å². The number of rotatable bonds is 8. The first-order chi connectivity index (χ1) is 15.4. The normalized spacial score (nSPS) is 10.7. The van der Waals surface area contributed by atoms with Crippen LogP contribution in [0.3, 0.4) is 0 Å². The number of hydrogen-bond acceptors (Lipinski definition) is 2. The molecule has 1 N–H and O–H groups in total. The van der Waals surface area contributed by atoms with Crippen LogP contribution in [0.4, 0.5) is 10.5 Å². The Bertz CT molecular complexity index is 1060. The number of nitrogens with one attached hydrogen (secondary N) is 1. The third-order valence-electron chi connectivity index (χ3n) is 5.67. The van der Waals surface area contributed by atoms with Gasteiger partial charge >= 0.3 is 6.03 Å². The SMILES string of the molecule is CCOc1ccc(CCN(Cc2ccc(C)cc2C)C(=O)Nc2ccc(C)cc2C)cc1. The molecule has 0 atom stereocenters. The number of anilines is 1. The van der Waals surface area contributed by atoms with Crippen LogP contribution < -0.4 is 10.1 Å². The van der Waals surface area contributed by atoms with E-state index >= 15 is 0 Å². The van der Waals surface area contributed by atoms with Gasteiger partial charge in [0.05, 0.1) is 6.61 Å². The maximum atomic E-state index is 13.3. The first kappa shape index (κ1) is 23.4. The summed E-state index contributed by atoms with van der Waals surface area (Å²) in [5, 5.41) is 3.12. The minimum atomic E-state index is -0.0807. The number of carbonyl (C=O) groups is 1. The number of ether oxygens (including phenoxy) is 1. The van der Waals surface area contributed by atoms with E-state index in [-0.39, 0.29) is 6.03 Å². The highest BCUT2D eigenvalue weighted by Crippen LogP contribution is 2.19. The predicted octanol–water partition coefficient (Wildman–Crippen LogP) is 6.60.